The van der Waals surface area contributed by atoms with E-state index in [0.717, 1.165) is 32.1 Å². The highest BCUT2D eigenvalue weighted by atomic mass is 16.4. The Hall–Kier alpha value is -1.10. The monoisotopic (exact) mass is 282 g/mol. The Morgan fingerprint density at radius 2 is 1.95 bits per heavy atom. The molecule has 1 heterocycles. The Morgan fingerprint density at radius 3 is 2.50 bits per heavy atom. The summed E-state index contributed by atoms with van der Waals surface area (Å²) < 4.78 is 0. The van der Waals surface area contributed by atoms with Gasteiger partial charge in [-0.3, -0.25) is 9.59 Å². The molecule has 2 fully saturated rings. The largest absolute Gasteiger partial charge is 0.481 e. The van der Waals surface area contributed by atoms with E-state index < -0.39 is 11.4 Å². The van der Waals surface area contributed by atoms with Gasteiger partial charge in [0.1, 0.15) is 0 Å². The topological polar surface area (TPSA) is 83.6 Å². The van der Waals surface area contributed by atoms with Crippen LogP contribution in [0.1, 0.15) is 51.9 Å². The van der Waals surface area contributed by atoms with Gasteiger partial charge in [0.2, 0.25) is 5.91 Å². The first-order valence-corrected chi connectivity index (χ1v) is 7.76. The number of nitrogens with two attached hydrogens (primary N) is 1. The molecule has 2 aliphatic rings. The standard InChI is InChI=1S/C15H26N2O3/c1-2-7-15(14(19)20)8-9-17(10-15)13(18)11-3-5-12(16)6-4-11/h11-12H,2-10,16H2,1H3,(H,19,20). The zero-order valence-electron chi connectivity index (χ0n) is 12.3. The van der Waals surface area contributed by atoms with Gasteiger partial charge in [-0.25, -0.2) is 0 Å². The summed E-state index contributed by atoms with van der Waals surface area (Å²) in [5.41, 5.74) is 5.16. The minimum atomic E-state index is -0.750. The molecule has 5 heteroatoms. The Bertz CT molecular complexity index is 377. The third-order valence-corrected chi connectivity index (χ3v) is 4.97. The highest BCUT2D eigenvalue weighted by molar-refractivity contribution is 5.82. The molecular formula is C15H26N2O3. The van der Waals surface area contributed by atoms with Crippen molar-refractivity contribution in [3.8, 4) is 0 Å². The zero-order chi connectivity index (χ0) is 14.8. The zero-order valence-corrected chi connectivity index (χ0v) is 12.3. The number of amides is 1. The van der Waals surface area contributed by atoms with Gasteiger partial charge in [-0.05, 0) is 38.5 Å². The average Bonchev–Trinajstić information content (AvgIpc) is 2.85. The van der Waals surface area contributed by atoms with Crippen LogP contribution in [0.5, 0.6) is 0 Å². The van der Waals surface area contributed by atoms with E-state index in [9.17, 15) is 14.7 Å². The fourth-order valence-corrected chi connectivity index (χ4v) is 3.65. The summed E-state index contributed by atoms with van der Waals surface area (Å²) in [4.78, 5) is 25.8. The number of aliphatic carboxylic acids is 1. The van der Waals surface area contributed by atoms with Crippen LogP contribution in [0.4, 0.5) is 0 Å². The molecule has 1 aliphatic carbocycles. The fourth-order valence-electron chi connectivity index (χ4n) is 3.65. The third-order valence-electron chi connectivity index (χ3n) is 4.97. The molecule has 0 aromatic heterocycles. The second kappa shape index (κ2) is 6.12. The highest BCUT2D eigenvalue weighted by Gasteiger charge is 2.46. The van der Waals surface area contributed by atoms with E-state index in [1.165, 1.54) is 0 Å². The van der Waals surface area contributed by atoms with Gasteiger partial charge in [0.15, 0.2) is 0 Å². The molecule has 20 heavy (non-hydrogen) atoms. The number of carbonyl (C=O) groups excluding carboxylic acids is 1. The Balaban J connectivity index is 1.97. The maximum atomic E-state index is 12.5. The first-order chi connectivity index (χ1) is 9.48. The lowest BCUT2D eigenvalue weighted by Gasteiger charge is -2.30. The van der Waals surface area contributed by atoms with Crippen molar-refractivity contribution in [2.45, 2.75) is 57.9 Å². The van der Waals surface area contributed by atoms with Crippen molar-refractivity contribution < 1.29 is 14.7 Å². The van der Waals surface area contributed by atoms with Crippen LogP contribution in [0, 0.1) is 11.3 Å². The van der Waals surface area contributed by atoms with E-state index in [1.54, 1.807) is 4.90 Å². The van der Waals surface area contributed by atoms with Crippen molar-refractivity contribution in [3.05, 3.63) is 0 Å². The maximum Gasteiger partial charge on any atom is 0.311 e. The van der Waals surface area contributed by atoms with E-state index in [-0.39, 0.29) is 17.9 Å². The van der Waals surface area contributed by atoms with Crippen LogP contribution >= 0.6 is 0 Å². The molecule has 1 saturated heterocycles. The van der Waals surface area contributed by atoms with Crippen LogP contribution in [-0.4, -0.2) is 41.0 Å². The predicted octanol–water partition coefficient (Wildman–Crippen LogP) is 1.61. The number of likely N-dealkylation sites (tertiary alicyclic amines) is 1. The smallest absolute Gasteiger partial charge is 0.311 e. The molecule has 1 aliphatic heterocycles. The highest BCUT2D eigenvalue weighted by Crippen LogP contribution is 2.37. The number of hydrogen-bond donors (Lipinski definition) is 2. The summed E-state index contributed by atoms with van der Waals surface area (Å²) in [7, 11) is 0. The summed E-state index contributed by atoms with van der Waals surface area (Å²) in [5.74, 6) is -0.544. The lowest BCUT2D eigenvalue weighted by molar-refractivity contribution is -0.149. The average molecular weight is 282 g/mol. The normalized spacial score (nSPS) is 34.2. The van der Waals surface area contributed by atoms with E-state index in [2.05, 4.69) is 0 Å². The number of carboxylic acid groups (broad SMARTS) is 1. The van der Waals surface area contributed by atoms with E-state index >= 15 is 0 Å². The van der Waals surface area contributed by atoms with Crippen molar-refractivity contribution in [2.75, 3.05) is 13.1 Å². The SMILES string of the molecule is CCCC1(C(=O)O)CCN(C(=O)C2CCC(N)CC2)C1. The predicted molar refractivity (Wildman–Crippen MR) is 76.1 cm³/mol. The van der Waals surface area contributed by atoms with Crippen molar-refractivity contribution in [2.24, 2.45) is 17.1 Å². The summed E-state index contributed by atoms with van der Waals surface area (Å²) >= 11 is 0. The van der Waals surface area contributed by atoms with Crippen LogP contribution in [0.25, 0.3) is 0 Å². The minimum Gasteiger partial charge on any atom is -0.481 e. The first kappa shape index (κ1) is 15.3. The molecule has 0 spiro atoms. The number of carbonyl (C=O) groups is 2. The van der Waals surface area contributed by atoms with Gasteiger partial charge in [0, 0.05) is 25.0 Å². The number of rotatable bonds is 4. The van der Waals surface area contributed by atoms with Gasteiger partial charge in [-0.1, -0.05) is 13.3 Å². The Kier molecular flexibility index (Phi) is 4.68. The Labute approximate surface area is 120 Å². The minimum absolute atomic E-state index is 0.0565. The third kappa shape index (κ3) is 2.97. The quantitative estimate of drug-likeness (QED) is 0.820. The summed E-state index contributed by atoms with van der Waals surface area (Å²) in [5, 5.41) is 9.48. The van der Waals surface area contributed by atoms with Crippen LogP contribution in [0.2, 0.25) is 0 Å². The molecule has 1 unspecified atom stereocenters. The lowest BCUT2D eigenvalue weighted by Crippen LogP contribution is -2.41. The van der Waals surface area contributed by atoms with Gasteiger partial charge in [0.05, 0.1) is 5.41 Å². The lowest BCUT2D eigenvalue weighted by atomic mass is 9.82. The molecule has 1 atom stereocenters. The molecule has 5 nitrogen and oxygen atoms in total. The molecule has 0 bridgehead atoms. The summed E-state index contributed by atoms with van der Waals surface area (Å²) in [6, 6.07) is 0.232. The summed E-state index contributed by atoms with van der Waals surface area (Å²) in [6.07, 6.45) is 5.60. The van der Waals surface area contributed by atoms with Gasteiger partial charge < -0.3 is 15.7 Å². The van der Waals surface area contributed by atoms with Gasteiger partial charge in [0.25, 0.3) is 0 Å². The van der Waals surface area contributed by atoms with Crippen molar-refractivity contribution in [3.63, 3.8) is 0 Å². The molecule has 0 radical (unpaired) electrons. The maximum absolute atomic E-state index is 12.5. The fraction of sp³-hybridized carbons (Fsp3) is 0.867. The van der Waals surface area contributed by atoms with Crippen molar-refractivity contribution in [1.29, 1.82) is 0 Å². The van der Waals surface area contributed by atoms with Crippen LogP contribution in [-0.2, 0) is 9.59 Å². The first-order valence-electron chi connectivity index (χ1n) is 7.76. The Morgan fingerprint density at radius 1 is 1.30 bits per heavy atom. The van der Waals surface area contributed by atoms with Crippen molar-refractivity contribution in [1.82, 2.24) is 4.90 Å². The second-order valence-electron chi connectivity index (χ2n) is 6.46. The number of nitrogens with zero attached hydrogens (tertiary/aromatic N) is 1. The molecule has 2 rings (SSSR count). The van der Waals surface area contributed by atoms with Crippen LogP contribution in [0.3, 0.4) is 0 Å². The van der Waals surface area contributed by atoms with E-state index in [0.29, 0.717) is 25.9 Å². The van der Waals surface area contributed by atoms with Gasteiger partial charge in [-0.15, -0.1) is 0 Å². The molecule has 0 aromatic carbocycles. The number of carboxylic acids is 1. The van der Waals surface area contributed by atoms with Crippen LogP contribution < -0.4 is 5.73 Å². The van der Waals surface area contributed by atoms with E-state index in [1.807, 2.05) is 6.92 Å². The molecule has 0 aromatic rings. The van der Waals surface area contributed by atoms with Gasteiger partial charge >= 0.3 is 5.97 Å². The van der Waals surface area contributed by atoms with Crippen molar-refractivity contribution >= 4 is 11.9 Å². The van der Waals surface area contributed by atoms with Gasteiger partial charge in [-0.2, -0.15) is 0 Å². The molecule has 1 saturated carbocycles. The number of hydrogen-bond acceptors (Lipinski definition) is 3. The molecule has 1 amide bonds. The second-order valence-corrected chi connectivity index (χ2v) is 6.46. The molecular weight excluding hydrogens is 256 g/mol. The molecule has 3 N–H and O–H groups in total. The molecule has 114 valence electrons. The summed E-state index contributed by atoms with van der Waals surface area (Å²) in [6.45, 7) is 2.98. The van der Waals surface area contributed by atoms with E-state index in [4.69, 9.17) is 5.73 Å². The van der Waals surface area contributed by atoms with Crippen LogP contribution in [0.15, 0.2) is 0 Å².